The van der Waals surface area contributed by atoms with Gasteiger partial charge in [0.05, 0.1) is 12.0 Å². The summed E-state index contributed by atoms with van der Waals surface area (Å²) in [5.41, 5.74) is -0.487. The second-order valence-corrected chi connectivity index (χ2v) is 5.37. The third-order valence-electron chi connectivity index (χ3n) is 3.77. The molecule has 0 aromatic heterocycles. The zero-order valence-electron chi connectivity index (χ0n) is 12.0. The first kappa shape index (κ1) is 15.0. The fourth-order valence-corrected chi connectivity index (χ4v) is 2.57. The van der Waals surface area contributed by atoms with Crippen LogP contribution in [0.3, 0.4) is 0 Å². The Kier molecular flexibility index (Phi) is 5.17. The van der Waals surface area contributed by atoms with Crippen molar-refractivity contribution in [3.63, 3.8) is 0 Å². The number of rotatable bonds is 4. The van der Waals surface area contributed by atoms with E-state index in [1.54, 1.807) is 0 Å². The SMILES string of the molecule is CCOC(=O)[C@@]1(CC)CCCN(C(=O)C(C)C)C1. The third kappa shape index (κ3) is 3.03. The van der Waals surface area contributed by atoms with Gasteiger partial charge in [0, 0.05) is 19.0 Å². The highest BCUT2D eigenvalue weighted by Crippen LogP contribution is 2.35. The van der Waals surface area contributed by atoms with Crippen LogP contribution >= 0.6 is 0 Å². The molecule has 104 valence electrons. The van der Waals surface area contributed by atoms with Gasteiger partial charge >= 0.3 is 5.97 Å². The molecule has 0 aliphatic carbocycles. The van der Waals surface area contributed by atoms with Gasteiger partial charge in [-0.25, -0.2) is 0 Å². The molecule has 0 spiro atoms. The average molecular weight is 255 g/mol. The summed E-state index contributed by atoms with van der Waals surface area (Å²) in [5.74, 6) is -0.0227. The Bertz CT molecular complexity index is 314. The zero-order chi connectivity index (χ0) is 13.8. The molecule has 1 atom stereocenters. The number of hydrogen-bond donors (Lipinski definition) is 0. The van der Waals surface area contributed by atoms with E-state index in [1.165, 1.54) is 0 Å². The van der Waals surface area contributed by atoms with Crippen molar-refractivity contribution in [3.05, 3.63) is 0 Å². The van der Waals surface area contributed by atoms with Crippen molar-refractivity contribution in [3.8, 4) is 0 Å². The molecule has 1 saturated heterocycles. The van der Waals surface area contributed by atoms with Gasteiger partial charge in [-0.15, -0.1) is 0 Å². The van der Waals surface area contributed by atoms with Crippen LogP contribution in [-0.2, 0) is 14.3 Å². The van der Waals surface area contributed by atoms with Crippen molar-refractivity contribution in [2.45, 2.75) is 47.0 Å². The summed E-state index contributed by atoms with van der Waals surface area (Å²) >= 11 is 0. The molecule has 1 aliphatic rings. The summed E-state index contributed by atoms with van der Waals surface area (Å²) in [5, 5.41) is 0. The number of nitrogens with zero attached hydrogens (tertiary/aromatic N) is 1. The minimum atomic E-state index is -0.487. The molecule has 0 unspecified atom stereocenters. The Hall–Kier alpha value is -1.06. The summed E-state index contributed by atoms with van der Waals surface area (Å²) in [6.07, 6.45) is 2.43. The summed E-state index contributed by atoms with van der Waals surface area (Å²) < 4.78 is 5.19. The monoisotopic (exact) mass is 255 g/mol. The van der Waals surface area contributed by atoms with E-state index in [4.69, 9.17) is 4.74 Å². The lowest BCUT2D eigenvalue weighted by Gasteiger charge is -2.41. The van der Waals surface area contributed by atoms with Gasteiger partial charge in [-0.05, 0) is 26.2 Å². The molecule has 4 nitrogen and oxygen atoms in total. The van der Waals surface area contributed by atoms with Crippen LogP contribution in [0.25, 0.3) is 0 Å². The Balaban J connectivity index is 2.81. The molecule has 18 heavy (non-hydrogen) atoms. The summed E-state index contributed by atoms with van der Waals surface area (Å²) in [6.45, 7) is 9.29. The molecule has 1 fully saturated rings. The van der Waals surface area contributed by atoms with Gasteiger partial charge in [-0.3, -0.25) is 9.59 Å². The van der Waals surface area contributed by atoms with Crippen molar-refractivity contribution in [2.24, 2.45) is 11.3 Å². The smallest absolute Gasteiger partial charge is 0.313 e. The van der Waals surface area contributed by atoms with Gasteiger partial charge in [-0.1, -0.05) is 20.8 Å². The number of piperidine rings is 1. The third-order valence-corrected chi connectivity index (χ3v) is 3.77. The molecule has 0 N–H and O–H groups in total. The number of carbonyl (C=O) groups excluding carboxylic acids is 2. The van der Waals surface area contributed by atoms with Crippen LogP contribution < -0.4 is 0 Å². The maximum absolute atomic E-state index is 12.1. The Morgan fingerprint density at radius 2 is 2.00 bits per heavy atom. The molecule has 1 rings (SSSR count). The lowest BCUT2D eigenvalue weighted by atomic mass is 9.77. The second-order valence-electron chi connectivity index (χ2n) is 5.37. The van der Waals surface area contributed by atoms with Crippen LogP contribution in [0.2, 0.25) is 0 Å². The number of amides is 1. The van der Waals surface area contributed by atoms with E-state index in [2.05, 4.69) is 0 Å². The fraction of sp³-hybridized carbons (Fsp3) is 0.857. The van der Waals surface area contributed by atoms with E-state index < -0.39 is 5.41 Å². The molecule has 1 amide bonds. The number of ether oxygens (including phenoxy) is 1. The summed E-state index contributed by atoms with van der Waals surface area (Å²) in [6, 6.07) is 0. The molecule has 1 aliphatic heterocycles. The Morgan fingerprint density at radius 1 is 1.33 bits per heavy atom. The number of esters is 1. The summed E-state index contributed by atoms with van der Waals surface area (Å²) in [4.78, 5) is 26.0. The highest BCUT2D eigenvalue weighted by atomic mass is 16.5. The predicted molar refractivity (Wildman–Crippen MR) is 70.0 cm³/mol. The predicted octanol–water partition coefficient (Wildman–Crippen LogP) is 2.22. The van der Waals surface area contributed by atoms with Gasteiger partial charge in [0.25, 0.3) is 0 Å². The molecule has 0 aromatic rings. The van der Waals surface area contributed by atoms with E-state index in [-0.39, 0.29) is 17.8 Å². The van der Waals surface area contributed by atoms with Crippen LogP contribution in [0, 0.1) is 11.3 Å². The van der Waals surface area contributed by atoms with Crippen molar-refractivity contribution in [1.82, 2.24) is 4.90 Å². The maximum atomic E-state index is 12.1. The topological polar surface area (TPSA) is 46.6 Å². The quantitative estimate of drug-likeness (QED) is 0.724. The number of likely N-dealkylation sites (tertiary alicyclic amines) is 1. The fourth-order valence-electron chi connectivity index (χ4n) is 2.57. The molecule has 0 radical (unpaired) electrons. The van der Waals surface area contributed by atoms with E-state index in [0.29, 0.717) is 13.2 Å². The van der Waals surface area contributed by atoms with Crippen LogP contribution in [0.5, 0.6) is 0 Å². The standard InChI is InChI=1S/C14H25NO3/c1-5-14(13(17)18-6-2)8-7-9-15(10-14)12(16)11(3)4/h11H,5-10H2,1-4H3/t14-/m0/s1. The van der Waals surface area contributed by atoms with Crippen LogP contribution in [0.1, 0.15) is 47.0 Å². The van der Waals surface area contributed by atoms with Crippen LogP contribution in [0.15, 0.2) is 0 Å². The highest BCUT2D eigenvalue weighted by molar-refractivity contribution is 5.81. The number of carbonyl (C=O) groups is 2. The van der Waals surface area contributed by atoms with Gasteiger partial charge in [0.15, 0.2) is 0 Å². The molecule has 0 saturated carbocycles. The molecule has 4 heteroatoms. The van der Waals surface area contributed by atoms with E-state index >= 15 is 0 Å². The van der Waals surface area contributed by atoms with Gasteiger partial charge in [0.1, 0.15) is 0 Å². The van der Waals surface area contributed by atoms with Crippen molar-refractivity contribution in [2.75, 3.05) is 19.7 Å². The highest BCUT2D eigenvalue weighted by Gasteiger charge is 2.43. The number of hydrogen-bond acceptors (Lipinski definition) is 3. The van der Waals surface area contributed by atoms with Crippen molar-refractivity contribution >= 4 is 11.9 Å². The largest absolute Gasteiger partial charge is 0.466 e. The second kappa shape index (κ2) is 6.21. The van der Waals surface area contributed by atoms with Gasteiger partial charge < -0.3 is 9.64 Å². The first-order chi connectivity index (χ1) is 8.46. The lowest BCUT2D eigenvalue weighted by molar-refractivity contribution is -0.161. The minimum Gasteiger partial charge on any atom is -0.466 e. The van der Waals surface area contributed by atoms with E-state index in [1.807, 2.05) is 32.6 Å². The minimum absolute atomic E-state index is 0.0140. The van der Waals surface area contributed by atoms with Crippen LogP contribution in [0.4, 0.5) is 0 Å². The zero-order valence-corrected chi connectivity index (χ0v) is 12.0. The first-order valence-electron chi connectivity index (χ1n) is 6.93. The maximum Gasteiger partial charge on any atom is 0.313 e. The molecule has 0 bridgehead atoms. The molecule has 0 aromatic carbocycles. The van der Waals surface area contributed by atoms with Crippen molar-refractivity contribution in [1.29, 1.82) is 0 Å². The van der Waals surface area contributed by atoms with E-state index in [9.17, 15) is 9.59 Å². The van der Waals surface area contributed by atoms with Crippen LogP contribution in [-0.4, -0.2) is 36.5 Å². The normalized spacial score (nSPS) is 24.2. The van der Waals surface area contributed by atoms with Gasteiger partial charge in [0.2, 0.25) is 5.91 Å². The average Bonchev–Trinajstić information content (AvgIpc) is 2.37. The lowest BCUT2D eigenvalue weighted by Crippen LogP contribution is -2.51. The molecular weight excluding hydrogens is 230 g/mol. The summed E-state index contributed by atoms with van der Waals surface area (Å²) in [7, 11) is 0. The Morgan fingerprint density at radius 3 is 2.50 bits per heavy atom. The van der Waals surface area contributed by atoms with E-state index in [0.717, 1.165) is 25.8 Å². The van der Waals surface area contributed by atoms with Gasteiger partial charge in [-0.2, -0.15) is 0 Å². The van der Waals surface area contributed by atoms with Crippen molar-refractivity contribution < 1.29 is 14.3 Å². The Labute approximate surface area is 110 Å². The molecule has 1 heterocycles. The first-order valence-corrected chi connectivity index (χ1v) is 6.93. The molecular formula is C14H25NO3.